The average molecular weight is 528 g/mol. The fraction of sp³-hybridized carbons (Fsp3) is 0.238. The van der Waals surface area contributed by atoms with Crippen LogP contribution >= 0.6 is 22.6 Å². The van der Waals surface area contributed by atoms with Gasteiger partial charge in [0.15, 0.2) is 0 Å². The van der Waals surface area contributed by atoms with Gasteiger partial charge in [0.1, 0.15) is 17.1 Å². The highest BCUT2D eigenvalue weighted by Gasteiger charge is 2.35. The third kappa shape index (κ3) is 5.53. The second-order valence-corrected chi connectivity index (χ2v) is 7.71. The first kappa shape index (κ1) is 22.1. The molecule has 1 aromatic heterocycles. The minimum absolute atomic E-state index is 0.148. The number of halogens is 4. The van der Waals surface area contributed by atoms with E-state index >= 15 is 0 Å². The summed E-state index contributed by atoms with van der Waals surface area (Å²) in [5.74, 6) is 0.488. The molecule has 0 aliphatic carbocycles. The van der Waals surface area contributed by atoms with Crippen LogP contribution in [-0.4, -0.2) is 23.6 Å². The molecule has 0 atom stereocenters. The number of hydrogen-bond acceptors (Lipinski definition) is 5. The molecular formula is C21H20F3IN4O. The molecule has 1 heterocycles. The third-order valence-electron chi connectivity index (χ3n) is 4.19. The normalized spacial score (nSPS) is 11.3. The van der Waals surface area contributed by atoms with Gasteiger partial charge in [0, 0.05) is 28.2 Å². The maximum atomic E-state index is 13.5. The molecule has 0 unspecified atom stereocenters. The zero-order valence-electron chi connectivity index (χ0n) is 16.4. The molecule has 30 heavy (non-hydrogen) atoms. The molecule has 5 nitrogen and oxygen atoms in total. The van der Waals surface area contributed by atoms with Crippen LogP contribution in [-0.2, 0) is 6.18 Å². The molecule has 0 bridgehead atoms. The van der Waals surface area contributed by atoms with Crippen molar-refractivity contribution >= 4 is 45.7 Å². The highest BCUT2D eigenvalue weighted by Crippen LogP contribution is 2.36. The molecular weight excluding hydrogens is 508 g/mol. The first-order chi connectivity index (χ1) is 14.3. The van der Waals surface area contributed by atoms with Crippen LogP contribution < -0.4 is 15.0 Å². The summed E-state index contributed by atoms with van der Waals surface area (Å²) in [5, 5.41) is 2.76. The lowest BCUT2D eigenvalue weighted by molar-refractivity contribution is -0.137. The Morgan fingerprint density at radius 3 is 2.33 bits per heavy atom. The van der Waals surface area contributed by atoms with Crippen molar-refractivity contribution < 1.29 is 17.9 Å². The predicted molar refractivity (Wildman–Crippen MR) is 120 cm³/mol. The molecule has 1 N–H and O–H groups in total. The number of nitrogens with one attached hydrogen (secondary N) is 1. The number of hydrogen-bond donors (Lipinski definition) is 1. The minimum Gasteiger partial charge on any atom is -0.494 e. The summed E-state index contributed by atoms with van der Waals surface area (Å²) in [4.78, 5) is 9.71. The predicted octanol–water partition coefficient (Wildman–Crippen LogP) is 6.40. The van der Waals surface area contributed by atoms with Gasteiger partial charge in [-0.05, 0) is 77.5 Å². The molecule has 3 rings (SSSR count). The molecule has 0 aliphatic heterocycles. The first-order valence-corrected chi connectivity index (χ1v) is 10.3. The van der Waals surface area contributed by atoms with E-state index in [1.807, 2.05) is 31.2 Å². The number of nitrogens with zero attached hydrogens (tertiary/aromatic N) is 3. The number of ether oxygens (including phenoxy) is 1. The van der Waals surface area contributed by atoms with Crippen molar-refractivity contribution in [3.8, 4) is 5.75 Å². The highest BCUT2D eigenvalue weighted by atomic mass is 127. The van der Waals surface area contributed by atoms with Gasteiger partial charge in [-0.2, -0.15) is 18.2 Å². The topological polar surface area (TPSA) is 50.3 Å². The van der Waals surface area contributed by atoms with Crippen LogP contribution in [0.3, 0.4) is 0 Å². The fourth-order valence-corrected chi connectivity index (χ4v) is 2.97. The van der Waals surface area contributed by atoms with Crippen molar-refractivity contribution in [2.24, 2.45) is 0 Å². The van der Waals surface area contributed by atoms with Gasteiger partial charge >= 0.3 is 6.18 Å². The molecule has 0 fully saturated rings. The van der Waals surface area contributed by atoms with Gasteiger partial charge < -0.3 is 15.0 Å². The molecule has 9 heteroatoms. The number of rotatable bonds is 7. The standard InChI is InChI=1S/C21H20F3IN4O/c1-3-12-30-17-10-6-15(7-11-17)27-19-18(21(22,23)24)13-26-20(28-19)29(2)16-8-4-14(25)5-9-16/h4-11,13H,3,12H2,1-2H3,(H,26,27,28). The van der Waals surface area contributed by atoms with Crippen molar-refractivity contribution in [1.29, 1.82) is 0 Å². The monoisotopic (exact) mass is 528 g/mol. The molecule has 0 spiro atoms. The number of benzene rings is 2. The van der Waals surface area contributed by atoms with Crippen molar-refractivity contribution in [2.75, 3.05) is 23.9 Å². The Balaban J connectivity index is 1.90. The van der Waals surface area contributed by atoms with Crippen LogP contribution in [0.5, 0.6) is 5.75 Å². The van der Waals surface area contributed by atoms with E-state index < -0.39 is 11.7 Å². The molecule has 0 saturated carbocycles. The lowest BCUT2D eigenvalue weighted by atomic mass is 10.2. The Morgan fingerprint density at radius 1 is 1.07 bits per heavy atom. The van der Waals surface area contributed by atoms with Crippen LogP contribution in [0.15, 0.2) is 54.7 Å². The van der Waals surface area contributed by atoms with Gasteiger partial charge in [0.25, 0.3) is 0 Å². The maximum Gasteiger partial charge on any atom is 0.421 e. The maximum absolute atomic E-state index is 13.5. The Kier molecular flexibility index (Phi) is 7.01. The van der Waals surface area contributed by atoms with Crippen LogP contribution in [0.4, 0.5) is 36.3 Å². The minimum atomic E-state index is -4.59. The summed E-state index contributed by atoms with van der Waals surface area (Å²) < 4.78 is 47.1. The van der Waals surface area contributed by atoms with Gasteiger partial charge in [0.2, 0.25) is 5.95 Å². The van der Waals surface area contributed by atoms with E-state index in [0.717, 1.165) is 21.9 Å². The first-order valence-electron chi connectivity index (χ1n) is 9.21. The van der Waals surface area contributed by atoms with Crippen LogP contribution in [0.2, 0.25) is 0 Å². The number of aromatic nitrogens is 2. The van der Waals surface area contributed by atoms with Crippen molar-refractivity contribution in [3.63, 3.8) is 0 Å². The summed E-state index contributed by atoms with van der Waals surface area (Å²) in [5.41, 5.74) is 0.290. The van der Waals surface area contributed by atoms with Crippen LogP contribution in [0.1, 0.15) is 18.9 Å². The SMILES string of the molecule is CCCOc1ccc(Nc2nc(N(C)c3ccc(I)cc3)ncc2C(F)(F)F)cc1. The molecule has 0 aliphatic rings. The number of alkyl halides is 3. The molecule has 0 radical (unpaired) electrons. The van der Waals surface area contributed by atoms with Crippen LogP contribution in [0, 0.1) is 3.57 Å². The lowest BCUT2D eigenvalue weighted by Crippen LogP contribution is -2.17. The van der Waals surface area contributed by atoms with E-state index in [2.05, 4.69) is 37.9 Å². The Bertz CT molecular complexity index is 979. The van der Waals surface area contributed by atoms with E-state index in [1.54, 1.807) is 36.2 Å². The molecule has 2 aromatic carbocycles. The summed E-state index contributed by atoms with van der Waals surface area (Å²) >= 11 is 2.18. The molecule has 158 valence electrons. The summed E-state index contributed by atoms with van der Waals surface area (Å²) in [7, 11) is 1.70. The largest absolute Gasteiger partial charge is 0.494 e. The smallest absolute Gasteiger partial charge is 0.421 e. The van der Waals surface area contributed by atoms with Crippen LogP contribution in [0.25, 0.3) is 0 Å². The lowest BCUT2D eigenvalue weighted by Gasteiger charge is -2.20. The second-order valence-electron chi connectivity index (χ2n) is 6.46. The van der Waals surface area contributed by atoms with Gasteiger partial charge in [-0.1, -0.05) is 6.92 Å². The van der Waals surface area contributed by atoms with E-state index in [9.17, 15) is 13.2 Å². The van der Waals surface area contributed by atoms with Gasteiger partial charge in [0.05, 0.1) is 6.61 Å². The van der Waals surface area contributed by atoms with E-state index in [0.29, 0.717) is 18.0 Å². The van der Waals surface area contributed by atoms with Gasteiger partial charge in [-0.15, -0.1) is 0 Å². The zero-order valence-corrected chi connectivity index (χ0v) is 18.5. The summed E-state index contributed by atoms with van der Waals surface area (Å²) in [6.45, 7) is 2.57. The summed E-state index contributed by atoms with van der Waals surface area (Å²) in [6, 6.07) is 14.2. The third-order valence-corrected chi connectivity index (χ3v) is 4.90. The summed E-state index contributed by atoms with van der Waals surface area (Å²) in [6.07, 6.45) is -2.92. The Hall–Kier alpha value is -2.56. The van der Waals surface area contributed by atoms with Gasteiger partial charge in [-0.25, -0.2) is 4.98 Å². The highest BCUT2D eigenvalue weighted by molar-refractivity contribution is 14.1. The molecule has 0 amide bonds. The number of anilines is 4. The Morgan fingerprint density at radius 2 is 1.73 bits per heavy atom. The van der Waals surface area contributed by atoms with E-state index in [-0.39, 0.29) is 11.8 Å². The van der Waals surface area contributed by atoms with E-state index in [4.69, 9.17) is 4.74 Å². The zero-order chi connectivity index (χ0) is 21.7. The second kappa shape index (κ2) is 9.50. The molecule has 0 saturated heterocycles. The molecule has 3 aromatic rings. The van der Waals surface area contributed by atoms with Gasteiger partial charge in [-0.3, -0.25) is 0 Å². The van der Waals surface area contributed by atoms with Crippen molar-refractivity contribution in [2.45, 2.75) is 19.5 Å². The van der Waals surface area contributed by atoms with E-state index in [1.165, 1.54) is 0 Å². The average Bonchev–Trinajstić information content (AvgIpc) is 2.72. The Labute approximate surface area is 186 Å². The quantitative estimate of drug-likeness (QED) is 0.360. The van der Waals surface area contributed by atoms with Crippen molar-refractivity contribution in [3.05, 3.63) is 63.9 Å². The van der Waals surface area contributed by atoms with Crippen molar-refractivity contribution in [1.82, 2.24) is 9.97 Å². The fourth-order valence-electron chi connectivity index (χ4n) is 2.61.